The van der Waals surface area contributed by atoms with Crippen LogP contribution in [0.25, 0.3) is 0 Å². The van der Waals surface area contributed by atoms with Gasteiger partial charge in [-0.3, -0.25) is 9.10 Å². The summed E-state index contributed by atoms with van der Waals surface area (Å²) < 4.78 is 61.2. The largest absolute Gasteiger partial charge is 0.476 e. The van der Waals surface area contributed by atoms with Gasteiger partial charge in [-0.1, -0.05) is 30.3 Å². The summed E-state index contributed by atoms with van der Waals surface area (Å²) in [4.78, 5) is 20.8. The van der Waals surface area contributed by atoms with Crippen LogP contribution in [0.5, 0.6) is 5.75 Å². The minimum Gasteiger partial charge on any atom is -0.476 e. The maximum absolute atomic E-state index is 13.4. The number of rotatable bonds is 7. The Bertz CT molecular complexity index is 1670. The molecule has 13 heteroatoms. The molecule has 1 aliphatic rings. The van der Waals surface area contributed by atoms with Crippen LogP contribution in [-0.2, 0) is 24.8 Å². The maximum atomic E-state index is 13.4. The molecule has 0 fully saturated rings. The number of nitrogens with one attached hydrogen (secondary N) is 2. The molecule has 0 bridgehead atoms. The highest BCUT2D eigenvalue weighted by Gasteiger charge is 2.37. The van der Waals surface area contributed by atoms with Crippen molar-refractivity contribution in [1.29, 1.82) is 0 Å². The third-order valence-electron chi connectivity index (χ3n) is 5.58. The lowest BCUT2D eigenvalue weighted by Gasteiger charge is -2.34. The van der Waals surface area contributed by atoms with Gasteiger partial charge in [0.15, 0.2) is 6.10 Å². The third kappa shape index (κ3) is 5.14. The molecule has 4 aromatic rings. The van der Waals surface area contributed by atoms with Crippen LogP contribution in [0.4, 0.5) is 17.3 Å². The van der Waals surface area contributed by atoms with Crippen molar-refractivity contribution in [2.24, 2.45) is 0 Å². The van der Waals surface area contributed by atoms with E-state index < -0.39 is 32.1 Å². The minimum absolute atomic E-state index is 0.0640. The second-order valence-electron chi connectivity index (χ2n) is 8.11. The molecule has 194 valence electrons. The number of nitrogens with zero attached hydrogens (tertiary/aromatic N) is 3. The Balaban J connectivity index is 1.34. The lowest BCUT2D eigenvalue weighted by atomic mass is 10.2. The van der Waals surface area contributed by atoms with E-state index >= 15 is 0 Å². The van der Waals surface area contributed by atoms with E-state index in [2.05, 4.69) is 20.0 Å². The molecule has 1 aliphatic heterocycles. The summed E-state index contributed by atoms with van der Waals surface area (Å²) in [6.07, 6.45) is 1.65. The number of amides is 1. The first-order valence-corrected chi connectivity index (χ1v) is 14.2. The summed E-state index contributed by atoms with van der Waals surface area (Å²) in [5, 5.41) is 2.66. The van der Waals surface area contributed by atoms with Crippen LogP contribution >= 0.6 is 0 Å². The van der Waals surface area contributed by atoms with Crippen LogP contribution in [0.2, 0.25) is 0 Å². The fourth-order valence-corrected chi connectivity index (χ4v) is 6.21. The van der Waals surface area contributed by atoms with E-state index in [1.54, 1.807) is 48.5 Å². The van der Waals surface area contributed by atoms with Crippen LogP contribution in [0.3, 0.4) is 0 Å². The molecule has 0 unspecified atom stereocenters. The Morgan fingerprint density at radius 3 is 2.18 bits per heavy atom. The number of hydrogen-bond donors (Lipinski definition) is 2. The van der Waals surface area contributed by atoms with Crippen molar-refractivity contribution in [2.75, 3.05) is 20.9 Å². The van der Waals surface area contributed by atoms with Gasteiger partial charge in [-0.05, 0) is 54.6 Å². The van der Waals surface area contributed by atoms with E-state index in [9.17, 15) is 21.6 Å². The van der Waals surface area contributed by atoms with E-state index in [0.717, 1.165) is 4.31 Å². The van der Waals surface area contributed by atoms with Crippen molar-refractivity contribution in [2.45, 2.75) is 15.9 Å². The Morgan fingerprint density at radius 2 is 1.47 bits per heavy atom. The smallest absolute Gasteiger partial charge is 0.267 e. The van der Waals surface area contributed by atoms with Gasteiger partial charge < -0.3 is 10.1 Å². The summed E-state index contributed by atoms with van der Waals surface area (Å²) in [7, 11) is -7.92. The van der Waals surface area contributed by atoms with E-state index in [-0.39, 0.29) is 28.0 Å². The van der Waals surface area contributed by atoms with E-state index in [1.807, 2.05) is 0 Å². The van der Waals surface area contributed by atoms with Crippen molar-refractivity contribution >= 4 is 43.3 Å². The number of benzene rings is 3. The lowest BCUT2D eigenvalue weighted by Crippen LogP contribution is -2.48. The highest BCUT2D eigenvalue weighted by atomic mass is 32.2. The van der Waals surface area contributed by atoms with Crippen LogP contribution in [0.15, 0.2) is 107 Å². The number of carbonyl (C=O) groups is 1. The molecule has 0 spiro atoms. The zero-order valence-electron chi connectivity index (χ0n) is 19.6. The average Bonchev–Trinajstić information content (AvgIpc) is 2.93. The molecule has 2 heterocycles. The van der Waals surface area contributed by atoms with Gasteiger partial charge >= 0.3 is 0 Å². The summed E-state index contributed by atoms with van der Waals surface area (Å²) in [6, 6.07) is 21.5. The third-order valence-corrected chi connectivity index (χ3v) is 8.72. The molecule has 38 heavy (non-hydrogen) atoms. The van der Waals surface area contributed by atoms with Crippen LogP contribution in [0.1, 0.15) is 0 Å². The zero-order chi connectivity index (χ0) is 26.8. The fourth-order valence-electron chi connectivity index (χ4n) is 3.76. The number of hydrogen-bond acceptors (Lipinski definition) is 8. The molecule has 0 saturated heterocycles. The van der Waals surface area contributed by atoms with E-state index in [4.69, 9.17) is 4.74 Å². The van der Waals surface area contributed by atoms with Gasteiger partial charge in [0.05, 0.1) is 22.0 Å². The monoisotopic (exact) mass is 551 g/mol. The zero-order valence-corrected chi connectivity index (χ0v) is 21.3. The first-order chi connectivity index (χ1) is 18.2. The molecular weight excluding hydrogens is 530 g/mol. The number of fused-ring (bicyclic) bond motifs is 1. The first-order valence-electron chi connectivity index (χ1n) is 11.3. The summed E-state index contributed by atoms with van der Waals surface area (Å²) in [5.41, 5.74) is 0.620. The SMILES string of the molecule is O=C(Nc1ccc(S(=O)(=O)Nc2ncccn2)cc1)[C@H]1CN(S(=O)(=O)c2ccccc2)c2ccccc2O1. The van der Waals surface area contributed by atoms with Crippen molar-refractivity contribution in [3.05, 3.63) is 97.3 Å². The minimum atomic E-state index is -3.97. The number of aromatic nitrogens is 2. The lowest BCUT2D eigenvalue weighted by molar-refractivity contribution is -0.122. The number of para-hydroxylation sites is 2. The molecule has 3 aromatic carbocycles. The molecule has 0 saturated carbocycles. The van der Waals surface area contributed by atoms with Crippen molar-refractivity contribution in [3.63, 3.8) is 0 Å². The molecule has 11 nitrogen and oxygen atoms in total. The Kier molecular flexibility index (Phi) is 6.70. The van der Waals surface area contributed by atoms with E-state index in [0.29, 0.717) is 11.4 Å². The molecule has 1 aromatic heterocycles. The van der Waals surface area contributed by atoms with Crippen LogP contribution in [-0.4, -0.2) is 45.4 Å². The summed E-state index contributed by atoms with van der Waals surface area (Å²) >= 11 is 0. The van der Waals surface area contributed by atoms with E-state index in [1.165, 1.54) is 48.8 Å². The van der Waals surface area contributed by atoms with Crippen LogP contribution < -0.4 is 19.1 Å². The topological polar surface area (TPSA) is 148 Å². The van der Waals surface area contributed by atoms with Gasteiger partial charge in [-0.2, -0.15) is 0 Å². The summed E-state index contributed by atoms with van der Waals surface area (Å²) in [5.74, 6) is -0.428. The van der Waals surface area contributed by atoms with Crippen LogP contribution in [0, 0.1) is 0 Å². The molecule has 2 N–H and O–H groups in total. The van der Waals surface area contributed by atoms with Gasteiger partial charge in [0.2, 0.25) is 5.95 Å². The number of sulfonamides is 2. The second-order valence-corrected chi connectivity index (χ2v) is 11.7. The predicted octanol–water partition coefficient (Wildman–Crippen LogP) is 2.87. The molecule has 1 amide bonds. The quantitative estimate of drug-likeness (QED) is 0.356. The standard InChI is InChI=1S/C25H21N5O6S2/c31-24(28-18-11-13-19(14-12-18)37(32,33)29-25-26-15-6-16-27-25)23-17-30(21-9-4-5-10-22(21)36-23)38(34,35)20-7-2-1-3-8-20/h1-16,23H,17H2,(H,28,31)(H,26,27,29)/t23-/m1/s1. The summed E-state index contributed by atoms with van der Waals surface area (Å²) in [6.45, 7) is -0.256. The highest BCUT2D eigenvalue weighted by molar-refractivity contribution is 7.93. The molecule has 0 radical (unpaired) electrons. The Morgan fingerprint density at radius 1 is 0.816 bits per heavy atom. The van der Waals surface area contributed by atoms with Gasteiger partial charge in [-0.15, -0.1) is 0 Å². The Labute approximate surface area is 219 Å². The van der Waals surface area contributed by atoms with Gasteiger partial charge in [0, 0.05) is 18.1 Å². The average molecular weight is 552 g/mol. The number of carbonyl (C=O) groups excluding carboxylic acids is 1. The number of anilines is 3. The normalized spacial score (nSPS) is 15.2. The fraction of sp³-hybridized carbons (Fsp3) is 0.0800. The highest BCUT2D eigenvalue weighted by Crippen LogP contribution is 2.37. The molecule has 0 aliphatic carbocycles. The first kappa shape index (κ1) is 25.2. The van der Waals surface area contributed by atoms with Crippen molar-refractivity contribution < 1.29 is 26.4 Å². The maximum Gasteiger partial charge on any atom is 0.267 e. The molecular formula is C25H21N5O6S2. The Hall–Kier alpha value is -4.49. The predicted molar refractivity (Wildman–Crippen MR) is 140 cm³/mol. The van der Waals surface area contributed by atoms with Crippen molar-refractivity contribution in [3.8, 4) is 5.75 Å². The molecule has 5 rings (SSSR count). The van der Waals surface area contributed by atoms with Gasteiger partial charge in [0.1, 0.15) is 5.75 Å². The number of ether oxygens (including phenoxy) is 1. The van der Waals surface area contributed by atoms with Gasteiger partial charge in [-0.25, -0.2) is 31.5 Å². The van der Waals surface area contributed by atoms with Crippen molar-refractivity contribution in [1.82, 2.24) is 9.97 Å². The van der Waals surface area contributed by atoms with Gasteiger partial charge in [0.25, 0.3) is 26.0 Å². The second kappa shape index (κ2) is 10.1. The molecule has 1 atom stereocenters.